The third kappa shape index (κ3) is 4.02. The summed E-state index contributed by atoms with van der Waals surface area (Å²) >= 11 is 0. The van der Waals surface area contributed by atoms with E-state index >= 15 is 0 Å². The Morgan fingerprint density at radius 3 is 2.41 bits per heavy atom. The van der Waals surface area contributed by atoms with E-state index in [2.05, 4.69) is 20.8 Å². The molecule has 0 saturated carbocycles. The second-order valence-electron chi connectivity index (χ2n) is 4.63. The minimum absolute atomic E-state index is 0.146. The molecule has 0 radical (unpaired) electrons. The van der Waals surface area contributed by atoms with Crippen LogP contribution in [-0.4, -0.2) is 19.8 Å². The topological polar surface area (TPSA) is 44.5 Å². The zero-order valence-corrected chi connectivity index (χ0v) is 11.1. The van der Waals surface area contributed by atoms with Gasteiger partial charge in [0, 0.05) is 5.56 Å². The van der Waals surface area contributed by atoms with Gasteiger partial charge in [-0.15, -0.1) is 0 Å². The fraction of sp³-hybridized carbons (Fsp3) is 0.571. The summed E-state index contributed by atoms with van der Waals surface area (Å²) in [6.07, 6.45) is 0.218. The molecule has 0 aromatic heterocycles. The molecule has 2 unspecified atom stereocenters. The summed E-state index contributed by atoms with van der Waals surface area (Å²) < 4.78 is 11.0. The van der Waals surface area contributed by atoms with Crippen LogP contribution in [0.5, 0.6) is 5.75 Å². The molecule has 17 heavy (non-hydrogen) atoms. The third-order valence-corrected chi connectivity index (χ3v) is 3.02. The molecule has 3 heteroatoms. The fourth-order valence-electron chi connectivity index (χ4n) is 1.51. The molecular weight excluding hydrogens is 214 g/mol. The van der Waals surface area contributed by atoms with Gasteiger partial charge in [-0.1, -0.05) is 32.0 Å². The quantitative estimate of drug-likeness (QED) is 0.827. The maximum atomic E-state index is 6.11. The summed E-state index contributed by atoms with van der Waals surface area (Å²) in [6.45, 7) is 6.86. The van der Waals surface area contributed by atoms with Crippen LogP contribution in [0, 0.1) is 5.92 Å². The van der Waals surface area contributed by atoms with Crippen molar-refractivity contribution >= 4 is 0 Å². The number of rotatable bonds is 6. The van der Waals surface area contributed by atoms with Gasteiger partial charge in [0.25, 0.3) is 0 Å². The predicted octanol–water partition coefficient (Wildman–Crippen LogP) is 2.76. The molecule has 2 atom stereocenters. The minimum Gasteiger partial charge on any atom is -0.496 e. The Balaban J connectivity index is 2.60. The van der Waals surface area contributed by atoms with Crippen LogP contribution in [0.15, 0.2) is 24.3 Å². The average Bonchev–Trinajstić information content (AvgIpc) is 2.35. The Labute approximate surface area is 104 Å². The van der Waals surface area contributed by atoms with Gasteiger partial charge in [-0.3, -0.25) is 0 Å². The van der Waals surface area contributed by atoms with Crippen LogP contribution in [0.2, 0.25) is 0 Å². The summed E-state index contributed by atoms with van der Waals surface area (Å²) in [7, 11) is 1.66. The smallest absolute Gasteiger partial charge is 0.123 e. The first-order chi connectivity index (χ1) is 8.06. The normalized spacial score (nSPS) is 14.7. The first-order valence-corrected chi connectivity index (χ1v) is 6.06. The van der Waals surface area contributed by atoms with Crippen molar-refractivity contribution < 1.29 is 9.47 Å². The lowest BCUT2D eigenvalue weighted by Crippen LogP contribution is -2.24. The van der Waals surface area contributed by atoms with Gasteiger partial charge >= 0.3 is 0 Å². The second-order valence-corrected chi connectivity index (χ2v) is 4.63. The first-order valence-electron chi connectivity index (χ1n) is 6.06. The number of hydrogen-bond acceptors (Lipinski definition) is 3. The number of nitrogens with two attached hydrogens (primary N) is 1. The van der Waals surface area contributed by atoms with E-state index in [0.717, 1.165) is 11.3 Å². The Morgan fingerprint density at radius 1 is 1.18 bits per heavy atom. The standard InChI is InChI=1S/C14H23NO2/c1-10(2)11(3)17-9-13(15)12-7-5-6-8-14(12)16-4/h5-8,10-11,13H,9,15H2,1-4H3. The second kappa shape index (κ2) is 6.62. The van der Waals surface area contributed by atoms with Crippen molar-refractivity contribution in [3.63, 3.8) is 0 Å². The molecule has 0 aliphatic carbocycles. The van der Waals surface area contributed by atoms with Crippen LogP contribution in [0.1, 0.15) is 32.4 Å². The van der Waals surface area contributed by atoms with Gasteiger partial charge in [-0.25, -0.2) is 0 Å². The third-order valence-electron chi connectivity index (χ3n) is 3.02. The average molecular weight is 237 g/mol. The predicted molar refractivity (Wildman–Crippen MR) is 70.2 cm³/mol. The lowest BCUT2D eigenvalue weighted by atomic mass is 10.1. The van der Waals surface area contributed by atoms with Gasteiger partial charge in [-0.2, -0.15) is 0 Å². The highest BCUT2D eigenvalue weighted by Crippen LogP contribution is 2.23. The van der Waals surface area contributed by atoms with E-state index in [1.165, 1.54) is 0 Å². The molecule has 0 aliphatic rings. The highest BCUT2D eigenvalue weighted by molar-refractivity contribution is 5.35. The molecule has 1 aromatic carbocycles. The van der Waals surface area contributed by atoms with Crippen LogP contribution in [0.25, 0.3) is 0 Å². The van der Waals surface area contributed by atoms with Gasteiger partial charge < -0.3 is 15.2 Å². The molecule has 1 aromatic rings. The Hall–Kier alpha value is -1.06. The van der Waals surface area contributed by atoms with E-state index in [4.69, 9.17) is 15.2 Å². The Kier molecular flexibility index (Phi) is 5.45. The molecule has 0 bridgehead atoms. The molecule has 3 nitrogen and oxygen atoms in total. The zero-order chi connectivity index (χ0) is 12.8. The summed E-state index contributed by atoms with van der Waals surface area (Å²) in [6, 6.07) is 7.65. The molecule has 96 valence electrons. The number of hydrogen-bond donors (Lipinski definition) is 1. The van der Waals surface area contributed by atoms with Crippen molar-refractivity contribution in [3.05, 3.63) is 29.8 Å². The Bertz CT molecular complexity index is 339. The van der Waals surface area contributed by atoms with E-state index in [1.807, 2.05) is 24.3 Å². The van der Waals surface area contributed by atoms with Crippen molar-refractivity contribution in [1.82, 2.24) is 0 Å². The first kappa shape index (κ1) is 14.0. The van der Waals surface area contributed by atoms with Crippen LogP contribution < -0.4 is 10.5 Å². The van der Waals surface area contributed by atoms with Crippen LogP contribution in [0.4, 0.5) is 0 Å². The number of para-hydroxylation sites is 1. The van der Waals surface area contributed by atoms with Gasteiger partial charge in [0.05, 0.1) is 25.9 Å². The van der Waals surface area contributed by atoms with E-state index in [1.54, 1.807) is 7.11 Å². The van der Waals surface area contributed by atoms with Crippen molar-refractivity contribution in [2.75, 3.05) is 13.7 Å². The van der Waals surface area contributed by atoms with Crippen molar-refractivity contribution in [2.45, 2.75) is 32.9 Å². The van der Waals surface area contributed by atoms with Gasteiger partial charge in [-0.05, 0) is 18.9 Å². The molecule has 0 spiro atoms. The molecule has 0 saturated heterocycles. The highest BCUT2D eigenvalue weighted by Gasteiger charge is 2.14. The molecule has 0 aliphatic heterocycles. The molecule has 2 N–H and O–H groups in total. The lowest BCUT2D eigenvalue weighted by molar-refractivity contribution is 0.0269. The summed E-state index contributed by atoms with van der Waals surface area (Å²) in [4.78, 5) is 0. The number of benzene rings is 1. The van der Waals surface area contributed by atoms with E-state index in [0.29, 0.717) is 12.5 Å². The van der Waals surface area contributed by atoms with Crippen molar-refractivity contribution in [2.24, 2.45) is 11.7 Å². The maximum Gasteiger partial charge on any atom is 0.123 e. The molecule has 0 heterocycles. The SMILES string of the molecule is COc1ccccc1C(N)COC(C)C(C)C. The van der Waals surface area contributed by atoms with Gasteiger partial charge in [0.15, 0.2) is 0 Å². The number of ether oxygens (including phenoxy) is 2. The van der Waals surface area contributed by atoms with Gasteiger partial charge in [0.1, 0.15) is 5.75 Å². The largest absolute Gasteiger partial charge is 0.496 e. The minimum atomic E-state index is -0.146. The molecular formula is C14H23NO2. The van der Waals surface area contributed by atoms with E-state index in [-0.39, 0.29) is 12.1 Å². The monoisotopic (exact) mass is 237 g/mol. The van der Waals surface area contributed by atoms with E-state index < -0.39 is 0 Å². The Morgan fingerprint density at radius 2 is 1.82 bits per heavy atom. The van der Waals surface area contributed by atoms with Gasteiger partial charge in [0.2, 0.25) is 0 Å². The summed E-state index contributed by atoms with van der Waals surface area (Å²) in [5.74, 6) is 1.32. The molecule has 1 rings (SSSR count). The van der Waals surface area contributed by atoms with Crippen molar-refractivity contribution in [3.8, 4) is 5.75 Å². The molecule has 0 amide bonds. The van der Waals surface area contributed by atoms with E-state index in [9.17, 15) is 0 Å². The maximum absolute atomic E-state index is 6.11. The van der Waals surface area contributed by atoms with Crippen LogP contribution in [0.3, 0.4) is 0 Å². The number of methoxy groups -OCH3 is 1. The summed E-state index contributed by atoms with van der Waals surface area (Å²) in [5, 5.41) is 0. The summed E-state index contributed by atoms with van der Waals surface area (Å²) in [5.41, 5.74) is 7.11. The highest BCUT2D eigenvalue weighted by atomic mass is 16.5. The molecule has 0 fully saturated rings. The zero-order valence-electron chi connectivity index (χ0n) is 11.1. The van der Waals surface area contributed by atoms with Crippen LogP contribution >= 0.6 is 0 Å². The lowest BCUT2D eigenvalue weighted by Gasteiger charge is -2.21. The fourth-order valence-corrected chi connectivity index (χ4v) is 1.51. The van der Waals surface area contributed by atoms with Crippen LogP contribution in [-0.2, 0) is 4.74 Å². The van der Waals surface area contributed by atoms with Crippen molar-refractivity contribution in [1.29, 1.82) is 0 Å².